The summed E-state index contributed by atoms with van der Waals surface area (Å²) in [5.74, 6) is 2.27. The van der Waals surface area contributed by atoms with Gasteiger partial charge in [-0.25, -0.2) is 9.78 Å². The Morgan fingerprint density at radius 1 is 1.22 bits per heavy atom. The number of H-pyrrole nitrogens is 1. The number of imidazole rings is 1. The molecule has 1 heterocycles. The summed E-state index contributed by atoms with van der Waals surface area (Å²) in [7, 11) is 0. The van der Waals surface area contributed by atoms with Gasteiger partial charge in [0.05, 0.1) is 11.9 Å². The number of rotatable bonds is 3. The van der Waals surface area contributed by atoms with Gasteiger partial charge in [-0.15, -0.1) is 0 Å². The highest BCUT2D eigenvalue weighted by Gasteiger charge is 2.50. The average molecular weight is 432 g/mol. The van der Waals surface area contributed by atoms with Crippen LogP contribution in [0.3, 0.4) is 0 Å². The van der Waals surface area contributed by atoms with Crippen molar-refractivity contribution < 1.29 is 9.53 Å². The fraction of sp³-hybridized carbons (Fsp3) is 0.524. The van der Waals surface area contributed by atoms with Crippen LogP contribution in [0.1, 0.15) is 51.8 Å². The lowest BCUT2D eigenvalue weighted by atomic mass is 9.84. The zero-order valence-corrected chi connectivity index (χ0v) is 17.5. The highest BCUT2D eigenvalue weighted by atomic mass is 79.9. The van der Waals surface area contributed by atoms with E-state index in [2.05, 4.69) is 43.3 Å². The van der Waals surface area contributed by atoms with Gasteiger partial charge in [-0.2, -0.15) is 0 Å². The van der Waals surface area contributed by atoms with Gasteiger partial charge in [0, 0.05) is 16.4 Å². The van der Waals surface area contributed by atoms with Crippen LogP contribution in [0.15, 0.2) is 34.9 Å². The molecule has 144 valence electrons. The molecule has 5 nitrogen and oxygen atoms in total. The molecule has 6 heteroatoms. The lowest BCUT2D eigenvalue weighted by molar-refractivity contribution is 0.0478. The predicted molar refractivity (Wildman–Crippen MR) is 108 cm³/mol. The third kappa shape index (κ3) is 3.91. The number of ether oxygens (including phenoxy) is 1. The third-order valence-electron chi connectivity index (χ3n) is 5.67. The summed E-state index contributed by atoms with van der Waals surface area (Å²) in [6.45, 7) is 5.67. The molecule has 2 aromatic rings. The van der Waals surface area contributed by atoms with E-state index in [-0.39, 0.29) is 18.1 Å². The molecule has 4 atom stereocenters. The van der Waals surface area contributed by atoms with E-state index in [1.807, 2.05) is 39.1 Å². The molecule has 0 spiro atoms. The number of nitrogens with zero attached hydrogens (tertiary/aromatic N) is 1. The van der Waals surface area contributed by atoms with Crippen molar-refractivity contribution in [3.8, 4) is 11.3 Å². The summed E-state index contributed by atoms with van der Waals surface area (Å²) in [6, 6.07) is 8.28. The Kier molecular flexibility index (Phi) is 4.78. The molecule has 27 heavy (non-hydrogen) atoms. The number of amides is 1. The lowest BCUT2D eigenvalue weighted by Gasteiger charge is -2.31. The van der Waals surface area contributed by atoms with Crippen molar-refractivity contribution in [1.82, 2.24) is 15.3 Å². The van der Waals surface area contributed by atoms with E-state index in [4.69, 9.17) is 4.74 Å². The Labute approximate surface area is 168 Å². The second kappa shape index (κ2) is 6.97. The van der Waals surface area contributed by atoms with Crippen LogP contribution in [0, 0.1) is 11.8 Å². The van der Waals surface area contributed by atoms with E-state index in [0.717, 1.165) is 28.0 Å². The van der Waals surface area contributed by atoms with E-state index in [1.54, 1.807) is 0 Å². The Balaban J connectivity index is 1.54. The first-order chi connectivity index (χ1) is 12.8. The summed E-state index contributed by atoms with van der Waals surface area (Å²) >= 11 is 3.47. The van der Waals surface area contributed by atoms with E-state index in [1.165, 1.54) is 12.8 Å². The molecule has 2 N–H and O–H groups in total. The number of hydrogen-bond acceptors (Lipinski definition) is 3. The summed E-state index contributed by atoms with van der Waals surface area (Å²) in [4.78, 5) is 20.6. The quantitative estimate of drug-likeness (QED) is 0.697. The van der Waals surface area contributed by atoms with E-state index < -0.39 is 5.60 Å². The van der Waals surface area contributed by atoms with Crippen LogP contribution in [0.5, 0.6) is 0 Å². The van der Waals surface area contributed by atoms with Crippen molar-refractivity contribution in [2.24, 2.45) is 11.8 Å². The fourth-order valence-electron chi connectivity index (χ4n) is 4.62. The van der Waals surface area contributed by atoms with Crippen LogP contribution in [0.2, 0.25) is 0 Å². The summed E-state index contributed by atoms with van der Waals surface area (Å²) in [5.41, 5.74) is 1.63. The van der Waals surface area contributed by atoms with Crippen molar-refractivity contribution in [1.29, 1.82) is 0 Å². The SMILES string of the molecule is CC(C)(C)OC(=O)N[C@H]1C2CCC(C2)[C@@H]1c1ncc(-c2ccc(Br)cc2)[nH]1. The van der Waals surface area contributed by atoms with E-state index in [9.17, 15) is 4.79 Å². The highest BCUT2D eigenvalue weighted by molar-refractivity contribution is 9.10. The zero-order chi connectivity index (χ0) is 19.2. The van der Waals surface area contributed by atoms with Crippen molar-refractivity contribution >= 4 is 22.0 Å². The normalized spacial score (nSPS) is 27.0. The Bertz CT molecular complexity index is 825. The molecule has 1 amide bonds. The number of carbonyl (C=O) groups is 1. The smallest absolute Gasteiger partial charge is 0.407 e. The Morgan fingerprint density at radius 3 is 2.63 bits per heavy atom. The fourth-order valence-corrected chi connectivity index (χ4v) is 4.88. The number of carbonyl (C=O) groups excluding carboxylic acids is 1. The van der Waals surface area contributed by atoms with Gasteiger partial charge in [0.1, 0.15) is 11.4 Å². The standard InChI is InChI=1S/C21H26BrN3O2/c1-21(2,3)27-20(26)25-18-14-5-4-13(10-14)17(18)19-23-11-16(24-19)12-6-8-15(22)9-7-12/h6-9,11,13-14,17-18H,4-5,10H2,1-3H3,(H,23,24)(H,25,26)/t13?,14?,17-,18-/m0/s1. The number of hydrogen-bond donors (Lipinski definition) is 2. The van der Waals surface area contributed by atoms with Gasteiger partial charge in [0.25, 0.3) is 0 Å². The Morgan fingerprint density at radius 2 is 1.93 bits per heavy atom. The molecule has 2 aliphatic carbocycles. The predicted octanol–water partition coefficient (Wildman–Crippen LogP) is 5.25. The minimum Gasteiger partial charge on any atom is -0.444 e. The molecule has 2 saturated carbocycles. The molecule has 2 fully saturated rings. The maximum absolute atomic E-state index is 12.4. The second-order valence-corrected chi connectivity index (χ2v) is 9.64. The number of nitrogens with one attached hydrogen (secondary N) is 2. The first-order valence-electron chi connectivity index (χ1n) is 9.60. The van der Waals surface area contributed by atoms with Gasteiger partial charge >= 0.3 is 6.09 Å². The first kappa shape index (κ1) is 18.5. The van der Waals surface area contributed by atoms with Gasteiger partial charge in [-0.05, 0) is 69.6 Å². The maximum atomic E-state index is 12.4. The number of benzene rings is 1. The number of aromatic nitrogens is 2. The molecule has 4 rings (SSSR count). The van der Waals surface area contributed by atoms with Gasteiger partial charge in [-0.1, -0.05) is 28.1 Å². The van der Waals surface area contributed by atoms with Crippen LogP contribution >= 0.6 is 15.9 Å². The van der Waals surface area contributed by atoms with Crippen LogP contribution < -0.4 is 5.32 Å². The second-order valence-electron chi connectivity index (χ2n) is 8.72. The summed E-state index contributed by atoms with van der Waals surface area (Å²) < 4.78 is 6.55. The summed E-state index contributed by atoms with van der Waals surface area (Å²) in [5, 5.41) is 3.14. The monoisotopic (exact) mass is 431 g/mol. The van der Waals surface area contributed by atoms with Crippen LogP contribution in [0.4, 0.5) is 4.79 Å². The molecule has 1 aromatic carbocycles. The van der Waals surface area contributed by atoms with Crippen molar-refractivity contribution in [2.45, 2.75) is 57.6 Å². The van der Waals surface area contributed by atoms with E-state index in [0.29, 0.717) is 11.8 Å². The Hall–Kier alpha value is -1.82. The minimum atomic E-state index is -0.489. The van der Waals surface area contributed by atoms with Crippen LogP contribution in [-0.2, 0) is 4.74 Å². The first-order valence-corrected chi connectivity index (χ1v) is 10.4. The number of halogens is 1. The van der Waals surface area contributed by atoms with Gasteiger partial charge in [0.2, 0.25) is 0 Å². The molecule has 2 unspecified atom stereocenters. The minimum absolute atomic E-state index is 0.0857. The van der Waals surface area contributed by atoms with Crippen molar-refractivity contribution in [3.05, 3.63) is 40.8 Å². The molecule has 2 bridgehead atoms. The van der Waals surface area contributed by atoms with Crippen LogP contribution in [-0.4, -0.2) is 27.7 Å². The average Bonchev–Trinajstić information content (AvgIpc) is 3.29. The third-order valence-corrected chi connectivity index (χ3v) is 6.19. The number of aromatic amines is 1. The molecule has 2 aliphatic rings. The molecular weight excluding hydrogens is 406 g/mol. The molecule has 0 radical (unpaired) electrons. The largest absolute Gasteiger partial charge is 0.444 e. The van der Waals surface area contributed by atoms with Gasteiger partial charge < -0.3 is 15.0 Å². The molecule has 0 saturated heterocycles. The van der Waals surface area contributed by atoms with Gasteiger partial charge in [-0.3, -0.25) is 0 Å². The molecule has 0 aliphatic heterocycles. The maximum Gasteiger partial charge on any atom is 0.407 e. The lowest BCUT2D eigenvalue weighted by Crippen LogP contribution is -2.45. The highest BCUT2D eigenvalue weighted by Crippen LogP contribution is 2.52. The van der Waals surface area contributed by atoms with Crippen molar-refractivity contribution in [2.75, 3.05) is 0 Å². The molecule has 1 aromatic heterocycles. The number of alkyl carbamates (subject to hydrolysis) is 1. The van der Waals surface area contributed by atoms with Crippen LogP contribution in [0.25, 0.3) is 11.3 Å². The zero-order valence-electron chi connectivity index (χ0n) is 16.0. The van der Waals surface area contributed by atoms with Crippen molar-refractivity contribution in [3.63, 3.8) is 0 Å². The topological polar surface area (TPSA) is 67.0 Å². The van der Waals surface area contributed by atoms with Gasteiger partial charge in [0.15, 0.2) is 0 Å². The number of fused-ring (bicyclic) bond motifs is 2. The summed E-state index contributed by atoms with van der Waals surface area (Å²) in [6.07, 6.45) is 5.09. The van der Waals surface area contributed by atoms with E-state index >= 15 is 0 Å². The molecular formula is C21H26BrN3O2.